The summed E-state index contributed by atoms with van der Waals surface area (Å²) in [5.74, 6) is -3.56. The predicted octanol–water partition coefficient (Wildman–Crippen LogP) is 1.26. The summed E-state index contributed by atoms with van der Waals surface area (Å²) in [6.07, 6.45) is 3.91. The van der Waals surface area contributed by atoms with E-state index in [2.05, 4.69) is 21.3 Å². The molecule has 1 aliphatic heterocycles. The Kier molecular flexibility index (Phi) is 12.1. The second kappa shape index (κ2) is 16.0. The Morgan fingerprint density at radius 2 is 1.64 bits per heavy atom. The maximum absolute atomic E-state index is 13.8. The van der Waals surface area contributed by atoms with Crippen molar-refractivity contribution in [2.24, 2.45) is 5.73 Å². The van der Waals surface area contributed by atoms with Crippen molar-refractivity contribution in [3.63, 3.8) is 0 Å². The van der Waals surface area contributed by atoms with E-state index in [1.165, 1.54) is 33.7 Å². The lowest BCUT2D eigenvalue weighted by Crippen LogP contribution is -2.62. The number of carboxylic acids is 1. The van der Waals surface area contributed by atoms with E-state index in [1.54, 1.807) is 36.4 Å². The fraction of sp³-hybridized carbons (Fsp3) is 0.452. The molecule has 1 aliphatic carbocycles. The molecule has 4 amide bonds. The lowest BCUT2D eigenvalue weighted by Gasteiger charge is -2.42. The van der Waals surface area contributed by atoms with Gasteiger partial charge in [0.05, 0.1) is 17.3 Å². The quantitative estimate of drug-likeness (QED) is 0.213. The van der Waals surface area contributed by atoms with Crippen molar-refractivity contribution < 1.29 is 34.2 Å². The van der Waals surface area contributed by atoms with E-state index >= 15 is 0 Å². The SMILES string of the molecule is N[C@@H](Cc1ccc(O)cc1)C(=O)N[C@H]1C(=O)NCC(=O)N[C@@H](Cc2ccccc2)C(=O)N[C@H](C(=O)O)CSSC12CCCCC2. The minimum Gasteiger partial charge on any atom is -0.508 e. The Morgan fingerprint density at radius 1 is 0.956 bits per heavy atom. The third-order valence-electron chi connectivity index (χ3n) is 7.94. The van der Waals surface area contributed by atoms with E-state index in [4.69, 9.17) is 5.73 Å². The normalized spacial score (nSPS) is 23.5. The summed E-state index contributed by atoms with van der Waals surface area (Å²) >= 11 is 0. The van der Waals surface area contributed by atoms with Gasteiger partial charge in [-0.05, 0) is 42.5 Å². The first-order chi connectivity index (χ1) is 21.6. The number of carboxylic acid groups (broad SMARTS) is 1. The Morgan fingerprint density at radius 3 is 2.31 bits per heavy atom. The number of hydrogen-bond donors (Lipinski definition) is 7. The van der Waals surface area contributed by atoms with Crippen molar-refractivity contribution in [3.05, 3.63) is 65.7 Å². The van der Waals surface area contributed by atoms with Crippen LogP contribution < -0.4 is 27.0 Å². The molecule has 1 saturated carbocycles. The van der Waals surface area contributed by atoms with Crippen molar-refractivity contribution in [2.75, 3.05) is 12.3 Å². The number of nitrogens with one attached hydrogen (secondary N) is 4. The van der Waals surface area contributed by atoms with Gasteiger partial charge < -0.3 is 37.2 Å². The second-order valence-corrected chi connectivity index (χ2v) is 14.1. The molecule has 2 aliphatic rings. The summed E-state index contributed by atoms with van der Waals surface area (Å²) in [5.41, 5.74) is 7.74. The van der Waals surface area contributed by atoms with Crippen LogP contribution in [0.1, 0.15) is 43.2 Å². The molecule has 12 nitrogen and oxygen atoms in total. The molecule has 2 aromatic rings. The lowest BCUT2D eigenvalue weighted by molar-refractivity contribution is -0.141. The van der Waals surface area contributed by atoms with Crippen LogP contribution in [0.5, 0.6) is 5.75 Å². The van der Waals surface area contributed by atoms with Crippen molar-refractivity contribution in [1.29, 1.82) is 0 Å². The van der Waals surface area contributed by atoms with Gasteiger partial charge in [-0.2, -0.15) is 0 Å². The number of amides is 4. The predicted molar refractivity (Wildman–Crippen MR) is 172 cm³/mol. The summed E-state index contributed by atoms with van der Waals surface area (Å²) < 4.78 is -0.815. The van der Waals surface area contributed by atoms with Crippen LogP contribution in [0.2, 0.25) is 0 Å². The van der Waals surface area contributed by atoms with Crippen LogP contribution in [0.3, 0.4) is 0 Å². The van der Waals surface area contributed by atoms with Crippen LogP contribution >= 0.6 is 21.6 Å². The monoisotopic (exact) mass is 657 g/mol. The zero-order valence-corrected chi connectivity index (χ0v) is 26.3. The molecular weight excluding hydrogens is 619 g/mol. The first kappa shape index (κ1) is 34.1. The third kappa shape index (κ3) is 9.62. The van der Waals surface area contributed by atoms with E-state index in [0.29, 0.717) is 12.8 Å². The van der Waals surface area contributed by atoms with Crippen LogP contribution in [0.4, 0.5) is 0 Å². The largest absolute Gasteiger partial charge is 0.508 e. The molecule has 242 valence electrons. The number of carbonyl (C=O) groups excluding carboxylic acids is 4. The highest BCUT2D eigenvalue weighted by Crippen LogP contribution is 2.48. The first-order valence-electron chi connectivity index (χ1n) is 14.8. The van der Waals surface area contributed by atoms with Gasteiger partial charge in [0.1, 0.15) is 23.9 Å². The zero-order valence-electron chi connectivity index (χ0n) is 24.7. The van der Waals surface area contributed by atoms with E-state index in [9.17, 15) is 34.2 Å². The molecule has 45 heavy (non-hydrogen) atoms. The van der Waals surface area contributed by atoms with Crippen molar-refractivity contribution in [2.45, 2.75) is 73.9 Å². The van der Waals surface area contributed by atoms with Gasteiger partial charge in [0, 0.05) is 12.2 Å². The molecule has 14 heteroatoms. The molecular formula is C31H39N5O7S2. The van der Waals surface area contributed by atoms with Gasteiger partial charge in [0.2, 0.25) is 23.6 Å². The van der Waals surface area contributed by atoms with Crippen LogP contribution in [-0.2, 0) is 36.8 Å². The number of benzene rings is 2. The Balaban J connectivity index is 1.58. The van der Waals surface area contributed by atoms with Gasteiger partial charge in [-0.25, -0.2) is 4.79 Å². The number of hydrogen-bond acceptors (Lipinski definition) is 9. The number of aliphatic carboxylic acids is 1. The summed E-state index contributed by atoms with van der Waals surface area (Å²) in [5, 5.41) is 30.2. The number of carbonyl (C=O) groups is 5. The summed E-state index contributed by atoms with van der Waals surface area (Å²) in [7, 11) is 2.55. The van der Waals surface area contributed by atoms with Gasteiger partial charge in [0.25, 0.3) is 0 Å². The standard InChI is InChI=1S/C31H39N5O7S2/c32-22(15-20-9-11-21(37)12-10-20)27(39)36-26-29(41)33-17-25(38)34-23(16-19-7-3-1-4-8-19)28(40)35-24(30(42)43)18-44-45-31(26)13-5-2-6-14-31/h1,3-4,7-12,22-24,26,37H,2,5-6,13-18,32H2,(H,33,41)(H,34,38)(H,35,40)(H,36,39)(H,42,43)/t22-,23-,24-,26-/m0/s1. The third-order valence-corrected chi connectivity index (χ3v) is 11.3. The highest BCUT2D eigenvalue weighted by molar-refractivity contribution is 8.77. The zero-order chi connectivity index (χ0) is 32.4. The number of nitrogens with two attached hydrogens (primary N) is 1. The number of aromatic hydroxyl groups is 1. The minimum atomic E-state index is -1.26. The molecule has 4 rings (SSSR count). The van der Waals surface area contributed by atoms with Gasteiger partial charge in [-0.1, -0.05) is 83.3 Å². The molecule has 4 atom stereocenters. The van der Waals surface area contributed by atoms with Gasteiger partial charge in [0.15, 0.2) is 0 Å². The van der Waals surface area contributed by atoms with E-state index < -0.39 is 65.1 Å². The average Bonchev–Trinajstić information content (AvgIpc) is 3.03. The van der Waals surface area contributed by atoms with Crippen LogP contribution in [0, 0.1) is 0 Å². The minimum absolute atomic E-state index is 0.0118. The topological polar surface area (TPSA) is 200 Å². The van der Waals surface area contributed by atoms with Gasteiger partial charge >= 0.3 is 5.97 Å². The molecule has 2 aromatic carbocycles. The fourth-order valence-corrected chi connectivity index (χ4v) is 8.96. The molecule has 2 fully saturated rings. The maximum atomic E-state index is 13.8. The highest BCUT2D eigenvalue weighted by atomic mass is 33.1. The van der Waals surface area contributed by atoms with Crippen molar-refractivity contribution in [1.82, 2.24) is 21.3 Å². The molecule has 0 unspecified atom stereocenters. The molecule has 0 radical (unpaired) electrons. The number of rotatable bonds is 7. The van der Waals surface area contributed by atoms with Gasteiger partial charge in [-0.15, -0.1) is 0 Å². The van der Waals surface area contributed by atoms with Gasteiger partial charge in [-0.3, -0.25) is 19.2 Å². The molecule has 1 heterocycles. The van der Waals surface area contributed by atoms with Crippen LogP contribution in [-0.4, -0.2) is 81.0 Å². The molecule has 8 N–H and O–H groups in total. The highest BCUT2D eigenvalue weighted by Gasteiger charge is 2.46. The molecule has 0 bridgehead atoms. The van der Waals surface area contributed by atoms with Crippen molar-refractivity contribution >= 4 is 51.2 Å². The number of phenolic OH excluding ortho intramolecular Hbond substituents is 1. The van der Waals surface area contributed by atoms with E-state index in [0.717, 1.165) is 30.4 Å². The molecule has 1 saturated heterocycles. The second-order valence-electron chi connectivity index (χ2n) is 11.3. The van der Waals surface area contributed by atoms with E-state index in [1.807, 2.05) is 6.07 Å². The van der Waals surface area contributed by atoms with E-state index in [-0.39, 0.29) is 24.3 Å². The molecule has 1 spiro atoms. The van der Waals surface area contributed by atoms with Crippen LogP contribution in [0.15, 0.2) is 54.6 Å². The first-order valence-corrected chi connectivity index (χ1v) is 17.2. The van der Waals surface area contributed by atoms with Crippen LogP contribution in [0.25, 0.3) is 0 Å². The fourth-order valence-electron chi connectivity index (χ4n) is 5.47. The Labute approximate surface area is 269 Å². The smallest absolute Gasteiger partial charge is 0.327 e. The average molecular weight is 658 g/mol. The summed E-state index contributed by atoms with van der Waals surface area (Å²) in [6, 6.07) is 10.9. The number of phenols is 1. The Hall–Kier alpha value is -3.75. The lowest BCUT2D eigenvalue weighted by atomic mass is 9.82. The summed E-state index contributed by atoms with van der Waals surface area (Å²) in [4.78, 5) is 65.6. The summed E-state index contributed by atoms with van der Waals surface area (Å²) in [6.45, 7) is -0.459. The molecule has 0 aromatic heterocycles. The van der Waals surface area contributed by atoms with Crippen molar-refractivity contribution in [3.8, 4) is 5.75 Å². The maximum Gasteiger partial charge on any atom is 0.327 e. The Bertz CT molecular complexity index is 1360.